The number of hydrogen-bond acceptors (Lipinski definition) is 4. The third-order valence-corrected chi connectivity index (χ3v) is 4.80. The molecule has 2 rings (SSSR count). The van der Waals surface area contributed by atoms with Crippen molar-refractivity contribution in [2.45, 2.75) is 25.2 Å². The van der Waals surface area contributed by atoms with E-state index in [1.54, 1.807) is 18.2 Å². The molecule has 1 aromatic heterocycles. The van der Waals surface area contributed by atoms with Crippen molar-refractivity contribution >= 4 is 27.0 Å². The number of carboxylic acids is 1. The third kappa shape index (κ3) is 3.66. The molecule has 1 unspecified atom stereocenters. The first kappa shape index (κ1) is 16.5. The van der Waals surface area contributed by atoms with Crippen molar-refractivity contribution in [3.8, 4) is 0 Å². The number of furan rings is 1. The van der Waals surface area contributed by atoms with Crippen molar-refractivity contribution in [3.05, 3.63) is 30.5 Å². The molecule has 22 heavy (non-hydrogen) atoms. The standard InChI is InChI=1S/C15H19NO5S/c1-10(2)8-12(15(17)18)9-16-22(19,20)13-5-3-4-11-6-7-21-14(11)13/h3-7,10,12,16H,8-9H2,1-2H3,(H,17,18). The number of nitrogens with one attached hydrogen (secondary N) is 1. The summed E-state index contributed by atoms with van der Waals surface area (Å²) < 4.78 is 32.4. The summed E-state index contributed by atoms with van der Waals surface area (Å²) in [6.07, 6.45) is 1.82. The fourth-order valence-electron chi connectivity index (χ4n) is 2.31. The summed E-state index contributed by atoms with van der Waals surface area (Å²) in [6, 6.07) is 6.48. The van der Waals surface area contributed by atoms with Gasteiger partial charge in [0.25, 0.3) is 0 Å². The lowest BCUT2D eigenvalue weighted by atomic mass is 9.98. The molecule has 0 saturated heterocycles. The summed E-state index contributed by atoms with van der Waals surface area (Å²) in [5.41, 5.74) is 0.269. The molecule has 120 valence electrons. The van der Waals surface area contributed by atoms with Crippen LogP contribution in [-0.2, 0) is 14.8 Å². The molecule has 0 saturated carbocycles. The molecular weight excluding hydrogens is 306 g/mol. The lowest BCUT2D eigenvalue weighted by Gasteiger charge is -2.15. The first-order chi connectivity index (χ1) is 10.3. The van der Waals surface area contributed by atoms with E-state index < -0.39 is 21.9 Å². The molecule has 0 spiro atoms. The average Bonchev–Trinajstić information content (AvgIpc) is 2.90. The van der Waals surface area contributed by atoms with Gasteiger partial charge in [0.1, 0.15) is 4.90 Å². The highest BCUT2D eigenvalue weighted by Gasteiger charge is 2.24. The predicted octanol–water partition coefficient (Wildman–Crippen LogP) is 2.46. The molecule has 0 amide bonds. The Morgan fingerprint density at radius 2 is 2.05 bits per heavy atom. The fraction of sp³-hybridized carbons (Fsp3) is 0.400. The van der Waals surface area contributed by atoms with Gasteiger partial charge in [0.05, 0.1) is 12.2 Å². The van der Waals surface area contributed by atoms with Gasteiger partial charge in [0.2, 0.25) is 10.0 Å². The Balaban J connectivity index is 2.21. The number of sulfonamides is 1. The highest BCUT2D eigenvalue weighted by atomic mass is 32.2. The highest BCUT2D eigenvalue weighted by Crippen LogP contribution is 2.24. The Kier molecular flexibility index (Phi) is 4.87. The van der Waals surface area contributed by atoms with E-state index in [1.807, 2.05) is 13.8 Å². The molecule has 1 atom stereocenters. The second-order valence-electron chi connectivity index (χ2n) is 5.61. The summed E-state index contributed by atoms with van der Waals surface area (Å²) >= 11 is 0. The quantitative estimate of drug-likeness (QED) is 0.815. The van der Waals surface area contributed by atoms with E-state index in [-0.39, 0.29) is 22.9 Å². The molecule has 0 radical (unpaired) electrons. The smallest absolute Gasteiger partial charge is 0.307 e. The minimum Gasteiger partial charge on any atom is -0.481 e. The molecule has 1 aromatic carbocycles. The van der Waals surface area contributed by atoms with E-state index in [0.29, 0.717) is 11.8 Å². The summed E-state index contributed by atoms with van der Waals surface area (Å²) in [5, 5.41) is 9.86. The number of carbonyl (C=O) groups is 1. The number of para-hydroxylation sites is 1. The number of benzene rings is 1. The van der Waals surface area contributed by atoms with Crippen LogP contribution in [0.4, 0.5) is 0 Å². The average molecular weight is 325 g/mol. The Morgan fingerprint density at radius 3 is 2.68 bits per heavy atom. The summed E-state index contributed by atoms with van der Waals surface area (Å²) in [6.45, 7) is 3.65. The maximum Gasteiger partial charge on any atom is 0.307 e. The van der Waals surface area contributed by atoms with Gasteiger partial charge in [-0.05, 0) is 24.5 Å². The second-order valence-corrected chi connectivity index (χ2v) is 7.35. The van der Waals surface area contributed by atoms with Crippen molar-refractivity contribution in [2.24, 2.45) is 11.8 Å². The van der Waals surface area contributed by atoms with Crippen LogP contribution in [-0.4, -0.2) is 26.0 Å². The number of hydrogen-bond donors (Lipinski definition) is 2. The van der Waals surface area contributed by atoms with Gasteiger partial charge >= 0.3 is 5.97 Å². The Labute approximate surface area is 129 Å². The molecule has 0 bridgehead atoms. The van der Waals surface area contributed by atoms with Crippen LogP contribution in [0.1, 0.15) is 20.3 Å². The topological polar surface area (TPSA) is 96.6 Å². The van der Waals surface area contributed by atoms with E-state index >= 15 is 0 Å². The van der Waals surface area contributed by atoms with Crippen LogP contribution in [0.15, 0.2) is 39.8 Å². The number of fused-ring (bicyclic) bond motifs is 1. The Morgan fingerprint density at radius 1 is 1.32 bits per heavy atom. The van der Waals surface area contributed by atoms with Crippen LogP contribution < -0.4 is 4.72 Å². The van der Waals surface area contributed by atoms with E-state index in [9.17, 15) is 18.3 Å². The minimum absolute atomic E-state index is 0.0173. The fourth-order valence-corrected chi connectivity index (χ4v) is 3.55. The second kappa shape index (κ2) is 6.50. The van der Waals surface area contributed by atoms with Crippen LogP contribution in [0, 0.1) is 11.8 Å². The van der Waals surface area contributed by atoms with Gasteiger partial charge in [0.15, 0.2) is 5.58 Å². The summed E-state index contributed by atoms with van der Waals surface area (Å²) in [5.74, 6) is -1.60. The van der Waals surface area contributed by atoms with Crippen LogP contribution in [0.2, 0.25) is 0 Å². The van der Waals surface area contributed by atoms with Gasteiger partial charge in [-0.2, -0.15) is 0 Å². The Hall–Kier alpha value is -1.86. The zero-order valence-electron chi connectivity index (χ0n) is 12.4. The molecule has 0 aliphatic carbocycles. The van der Waals surface area contributed by atoms with E-state index in [2.05, 4.69) is 4.72 Å². The van der Waals surface area contributed by atoms with E-state index in [4.69, 9.17) is 4.42 Å². The first-order valence-electron chi connectivity index (χ1n) is 7.00. The third-order valence-electron chi connectivity index (χ3n) is 3.36. The zero-order chi connectivity index (χ0) is 16.3. The van der Waals surface area contributed by atoms with Gasteiger partial charge in [-0.3, -0.25) is 4.79 Å². The van der Waals surface area contributed by atoms with Gasteiger partial charge in [0, 0.05) is 11.9 Å². The van der Waals surface area contributed by atoms with Crippen LogP contribution in [0.25, 0.3) is 11.0 Å². The summed E-state index contributed by atoms with van der Waals surface area (Å²) in [7, 11) is -3.83. The summed E-state index contributed by atoms with van der Waals surface area (Å²) in [4.78, 5) is 11.2. The van der Waals surface area contributed by atoms with Gasteiger partial charge < -0.3 is 9.52 Å². The van der Waals surface area contributed by atoms with Crippen molar-refractivity contribution in [1.29, 1.82) is 0 Å². The molecule has 0 fully saturated rings. The molecule has 0 aliphatic heterocycles. The van der Waals surface area contributed by atoms with E-state index in [0.717, 1.165) is 0 Å². The van der Waals surface area contributed by atoms with Gasteiger partial charge in [-0.15, -0.1) is 0 Å². The zero-order valence-corrected chi connectivity index (χ0v) is 13.3. The highest BCUT2D eigenvalue weighted by molar-refractivity contribution is 7.89. The van der Waals surface area contributed by atoms with E-state index in [1.165, 1.54) is 12.3 Å². The predicted molar refractivity (Wildman–Crippen MR) is 82.0 cm³/mol. The van der Waals surface area contributed by atoms with Gasteiger partial charge in [-0.1, -0.05) is 26.0 Å². The number of rotatable bonds is 7. The SMILES string of the molecule is CC(C)CC(CNS(=O)(=O)c1cccc2ccoc12)C(=O)O. The molecule has 7 heteroatoms. The molecule has 2 N–H and O–H groups in total. The van der Waals surface area contributed by atoms with Crippen LogP contribution in [0.5, 0.6) is 0 Å². The molecule has 2 aromatic rings. The van der Waals surface area contributed by atoms with Crippen LogP contribution >= 0.6 is 0 Å². The first-order valence-corrected chi connectivity index (χ1v) is 8.48. The molecule has 0 aliphatic rings. The maximum absolute atomic E-state index is 12.4. The maximum atomic E-state index is 12.4. The molecular formula is C15H19NO5S. The normalized spacial score (nSPS) is 13.6. The van der Waals surface area contributed by atoms with Crippen molar-refractivity contribution < 1.29 is 22.7 Å². The van der Waals surface area contributed by atoms with Crippen molar-refractivity contribution in [1.82, 2.24) is 4.72 Å². The van der Waals surface area contributed by atoms with Crippen molar-refractivity contribution in [2.75, 3.05) is 6.54 Å². The molecule has 6 nitrogen and oxygen atoms in total. The monoisotopic (exact) mass is 325 g/mol. The Bertz CT molecular complexity index is 763. The number of carboxylic acid groups (broad SMARTS) is 1. The lowest BCUT2D eigenvalue weighted by Crippen LogP contribution is -2.33. The number of aliphatic carboxylic acids is 1. The minimum atomic E-state index is -3.83. The molecule has 1 heterocycles. The lowest BCUT2D eigenvalue weighted by molar-refractivity contribution is -0.142. The van der Waals surface area contributed by atoms with Gasteiger partial charge in [-0.25, -0.2) is 13.1 Å². The van der Waals surface area contributed by atoms with Crippen LogP contribution in [0.3, 0.4) is 0 Å². The van der Waals surface area contributed by atoms with Crippen molar-refractivity contribution in [3.63, 3.8) is 0 Å². The largest absolute Gasteiger partial charge is 0.481 e.